The zero-order chi connectivity index (χ0) is 16.8. The van der Waals surface area contributed by atoms with E-state index >= 15 is 0 Å². The number of carbonyl (C=O) groups is 1. The fourth-order valence-corrected chi connectivity index (χ4v) is 3.11. The molecule has 0 aromatic heterocycles. The Bertz CT molecular complexity index is 522. The highest BCUT2D eigenvalue weighted by atomic mass is 16.5. The van der Waals surface area contributed by atoms with E-state index in [1.165, 1.54) is 12.0 Å². The number of piperidine rings is 1. The van der Waals surface area contributed by atoms with E-state index in [-0.39, 0.29) is 11.9 Å². The predicted octanol–water partition coefficient (Wildman–Crippen LogP) is 3.06. The highest BCUT2D eigenvalue weighted by Gasteiger charge is 2.23. The van der Waals surface area contributed by atoms with Crippen LogP contribution in [0.25, 0.3) is 0 Å². The molecule has 1 aromatic carbocycles. The number of carbonyl (C=O) groups excluding carboxylic acids is 1. The molecule has 1 fully saturated rings. The first kappa shape index (κ1) is 17.8. The normalized spacial score (nSPS) is 17.7. The van der Waals surface area contributed by atoms with Crippen LogP contribution in [0, 0.1) is 13.8 Å². The van der Waals surface area contributed by atoms with Crippen molar-refractivity contribution in [3.8, 4) is 5.75 Å². The number of ether oxygens (including phenoxy) is 1. The zero-order valence-electron chi connectivity index (χ0n) is 14.9. The standard InChI is InChI=1S/C19H30N2O2/c1-5-10-21-11-8-17(9-12-21)20-19(22)16(4)23-18-7-6-14(2)13-15(18)3/h6-7,13,16-17H,5,8-12H2,1-4H3,(H,20,22). The predicted molar refractivity (Wildman–Crippen MR) is 93.9 cm³/mol. The molecule has 128 valence electrons. The van der Waals surface area contributed by atoms with Gasteiger partial charge in [-0.25, -0.2) is 0 Å². The minimum Gasteiger partial charge on any atom is -0.481 e. The summed E-state index contributed by atoms with van der Waals surface area (Å²) in [6.07, 6.45) is 2.78. The van der Waals surface area contributed by atoms with E-state index < -0.39 is 6.10 Å². The first-order valence-corrected chi connectivity index (χ1v) is 8.76. The van der Waals surface area contributed by atoms with Gasteiger partial charge < -0.3 is 15.0 Å². The van der Waals surface area contributed by atoms with Crippen LogP contribution in [-0.2, 0) is 4.79 Å². The summed E-state index contributed by atoms with van der Waals surface area (Å²) in [6, 6.07) is 6.30. The van der Waals surface area contributed by atoms with E-state index in [9.17, 15) is 4.79 Å². The summed E-state index contributed by atoms with van der Waals surface area (Å²) in [4.78, 5) is 14.8. The van der Waals surface area contributed by atoms with Crippen LogP contribution in [0.3, 0.4) is 0 Å². The van der Waals surface area contributed by atoms with Crippen molar-refractivity contribution in [3.63, 3.8) is 0 Å². The quantitative estimate of drug-likeness (QED) is 0.876. The summed E-state index contributed by atoms with van der Waals surface area (Å²) in [5.41, 5.74) is 2.27. The van der Waals surface area contributed by atoms with Crippen LogP contribution in [0.2, 0.25) is 0 Å². The lowest BCUT2D eigenvalue weighted by molar-refractivity contribution is -0.128. The number of aryl methyl sites for hydroxylation is 2. The van der Waals surface area contributed by atoms with Gasteiger partial charge in [0.25, 0.3) is 5.91 Å². The third-order valence-electron chi connectivity index (χ3n) is 4.48. The molecular formula is C19H30N2O2. The molecule has 0 aliphatic carbocycles. The van der Waals surface area contributed by atoms with Gasteiger partial charge in [0, 0.05) is 19.1 Å². The van der Waals surface area contributed by atoms with Crippen LogP contribution >= 0.6 is 0 Å². The molecule has 0 radical (unpaired) electrons. The summed E-state index contributed by atoms with van der Waals surface area (Å²) in [5.74, 6) is 0.773. The summed E-state index contributed by atoms with van der Waals surface area (Å²) in [7, 11) is 0. The number of amides is 1. The van der Waals surface area contributed by atoms with Crippen LogP contribution < -0.4 is 10.1 Å². The third kappa shape index (κ3) is 5.24. The van der Waals surface area contributed by atoms with Gasteiger partial charge in [-0.15, -0.1) is 0 Å². The maximum absolute atomic E-state index is 12.4. The Labute approximate surface area is 140 Å². The number of rotatable bonds is 6. The summed E-state index contributed by atoms with van der Waals surface area (Å²) < 4.78 is 5.84. The van der Waals surface area contributed by atoms with Crippen molar-refractivity contribution in [1.82, 2.24) is 10.2 Å². The fraction of sp³-hybridized carbons (Fsp3) is 0.632. The Morgan fingerprint density at radius 1 is 1.35 bits per heavy atom. The van der Waals surface area contributed by atoms with E-state index in [1.54, 1.807) is 0 Å². The molecule has 1 unspecified atom stereocenters. The number of nitrogens with one attached hydrogen (secondary N) is 1. The SMILES string of the molecule is CCCN1CCC(NC(=O)C(C)Oc2ccc(C)cc2C)CC1. The van der Waals surface area contributed by atoms with Crippen molar-refractivity contribution in [2.45, 2.75) is 59.1 Å². The topological polar surface area (TPSA) is 41.6 Å². The molecular weight excluding hydrogens is 288 g/mol. The van der Waals surface area contributed by atoms with Gasteiger partial charge in [-0.05, 0) is 58.2 Å². The van der Waals surface area contributed by atoms with Crippen LogP contribution in [0.5, 0.6) is 5.75 Å². The summed E-state index contributed by atoms with van der Waals surface area (Å²) in [6.45, 7) is 11.4. The van der Waals surface area contributed by atoms with Crippen molar-refractivity contribution in [2.24, 2.45) is 0 Å². The molecule has 4 nitrogen and oxygen atoms in total. The number of hydrogen-bond donors (Lipinski definition) is 1. The average molecular weight is 318 g/mol. The summed E-state index contributed by atoms with van der Waals surface area (Å²) in [5, 5.41) is 3.14. The molecule has 4 heteroatoms. The minimum absolute atomic E-state index is 0.0149. The van der Waals surface area contributed by atoms with E-state index in [0.717, 1.165) is 43.8 Å². The molecule has 0 spiro atoms. The van der Waals surface area contributed by atoms with Gasteiger partial charge in [-0.3, -0.25) is 4.79 Å². The molecule has 1 heterocycles. The van der Waals surface area contributed by atoms with Gasteiger partial charge >= 0.3 is 0 Å². The molecule has 1 amide bonds. The second kappa shape index (κ2) is 8.34. The highest BCUT2D eigenvalue weighted by molar-refractivity contribution is 5.81. The number of nitrogens with zero attached hydrogens (tertiary/aromatic N) is 1. The van der Waals surface area contributed by atoms with Crippen molar-refractivity contribution >= 4 is 5.91 Å². The smallest absolute Gasteiger partial charge is 0.260 e. The molecule has 0 saturated carbocycles. The zero-order valence-corrected chi connectivity index (χ0v) is 14.9. The van der Waals surface area contributed by atoms with Gasteiger partial charge in [0.15, 0.2) is 6.10 Å². The summed E-state index contributed by atoms with van der Waals surface area (Å²) >= 11 is 0. The van der Waals surface area contributed by atoms with Crippen molar-refractivity contribution in [3.05, 3.63) is 29.3 Å². The average Bonchev–Trinajstić information content (AvgIpc) is 2.52. The molecule has 1 saturated heterocycles. The maximum atomic E-state index is 12.4. The van der Waals surface area contributed by atoms with Gasteiger partial charge in [0.05, 0.1) is 0 Å². The monoisotopic (exact) mass is 318 g/mol. The largest absolute Gasteiger partial charge is 0.481 e. The lowest BCUT2D eigenvalue weighted by Crippen LogP contribution is -2.48. The number of hydrogen-bond acceptors (Lipinski definition) is 3. The highest BCUT2D eigenvalue weighted by Crippen LogP contribution is 2.20. The molecule has 1 aliphatic heterocycles. The molecule has 23 heavy (non-hydrogen) atoms. The molecule has 1 N–H and O–H groups in total. The Morgan fingerprint density at radius 2 is 2.04 bits per heavy atom. The second-order valence-electron chi connectivity index (χ2n) is 6.65. The Kier molecular flexibility index (Phi) is 6.46. The first-order chi connectivity index (χ1) is 11.0. The third-order valence-corrected chi connectivity index (χ3v) is 4.48. The van der Waals surface area contributed by atoms with Gasteiger partial charge in [-0.1, -0.05) is 24.6 Å². The van der Waals surface area contributed by atoms with Gasteiger partial charge in [0.1, 0.15) is 5.75 Å². The van der Waals surface area contributed by atoms with Crippen LogP contribution in [-0.4, -0.2) is 42.6 Å². The molecule has 1 aliphatic rings. The van der Waals surface area contributed by atoms with E-state index in [2.05, 4.69) is 30.1 Å². The molecule has 1 aromatic rings. The number of likely N-dealkylation sites (tertiary alicyclic amines) is 1. The van der Waals surface area contributed by atoms with Crippen LogP contribution in [0.1, 0.15) is 44.2 Å². The lowest BCUT2D eigenvalue weighted by Gasteiger charge is -2.32. The van der Waals surface area contributed by atoms with Gasteiger partial charge in [0.2, 0.25) is 0 Å². The van der Waals surface area contributed by atoms with E-state index in [1.807, 2.05) is 26.0 Å². The van der Waals surface area contributed by atoms with Crippen molar-refractivity contribution < 1.29 is 9.53 Å². The van der Waals surface area contributed by atoms with Gasteiger partial charge in [-0.2, -0.15) is 0 Å². The van der Waals surface area contributed by atoms with Crippen molar-refractivity contribution in [1.29, 1.82) is 0 Å². The van der Waals surface area contributed by atoms with E-state index in [0.29, 0.717) is 0 Å². The second-order valence-corrected chi connectivity index (χ2v) is 6.65. The minimum atomic E-state index is -0.468. The first-order valence-electron chi connectivity index (χ1n) is 8.76. The Morgan fingerprint density at radius 3 is 2.65 bits per heavy atom. The molecule has 1 atom stereocenters. The Hall–Kier alpha value is -1.55. The Balaban J connectivity index is 1.81. The number of benzene rings is 1. The van der Waals surface area contributed by atoms with Crippen molar-refractivity contribution in [2.75, 3.05) is 19.6 Å². The maximum Gasteiger partial charge on any atom is 0.260 e. The molecule has 0 bridgehead atoms. The van der Waals surface area contributed by atoms with Crippen LogP contribution in [0.15, 0.2) is 18.2 Å². The van der Waals surface area contributed by atoms with E-state index in [4.69, 9.17) is 4.74 Å². The molecule has 2 rings (SSSR count). The lowest BCUT2D eigenvalue weighted by atomic mass is 10.0. The fourth-order valence-electron chi connectivity index (χ4n) is 3.11. The van der Waals surface area contributed by atoms with Crippen LogP contribution in [0.4, 0.5) is 0 Å².